The van der Waals surface area contributed by atoms with Gasteiger partial charge in [0.25, 0.3) is 10.0 Å². The van der Waals surface area contributed by atoms with Crippen LogP contribution in [0.5, 0.6) is 0 Å². The number of hydrogen-bond donors (Lipinski definition) is 2. The Bertz CT molecular complexity index is 1040. The molecule has 0 spiro atoms. The highest BCUT2D eigenvalue weighted by molar-refractivity contribution is 7.89. The molecule has 0 aliphatic heterocycles. The lowest BCUT2D eigenvalue weighted by Crippen LogP contribution is -2.18. The molecule has 0 atom stereocenters. The second kappa shape index (κ2) is 7.24. The van der Waals surface area contributed by atoms with Crippen molar-refractivity contribution in [2.75, 3.05) is 0 Å². The summed E-state index contributed by atoms with van der Waals surface area (Å²) in [4.78, 5) is 13.1. The fourth-order valence-corrected chi connectivity index (χ4v) is 2.98. The van der Waals surface area contributed by atoms with Crippen LogP contribution in [0.2, 0.25) is 0 Å². The number of hydrazone groups is 1. The first-order chi connectivity index (χ1) is 12.5. The van der Waals surface area contributed by atoms with Crippen LogP contribution < -0.4 is 4.83 Å². The van der Waals surface area contributed by atoms with Crippen LogP contribution in [0.3, 0.4) is 0 Å². The second-order valence-electron chi connectivity index (χ2n) is 5.25. The van der Waals surface area contributed by atoms with Crippen molar-refractivity contribution in [2.45, 2.75) is 4.90 Å². The van der Waals surface area contributed by atoms with Crippen LogP contribution in [-0.4, -0.2) is 25.7 Å². The third-order valence-corrected chi connectivity index (χ3v) is 4.70. The standard InChI is InChI=1S/C18H14N2O5S/c21-18(22)14-8-6-13(7-9-14)17-11-10-15(25-17)12-19-20-26(23,24)16-4-2-1-3-5-16/h1-12,20H,(H,21,22)/b19-12-. The number of carboxylic acid groups (broad SMARTS) is 1. The molecule has 132 valence electrons. The van der Waals surface area contributed by atoms with Gasteiger partial charge in [-0.2, -0.15) is 18.4 Å². The van der Waals surface area contributed by atoms with Gasteiger partial charge < -0.3 is 9.52 Å². The third-order valence-electron chi connectivity index (χ3n) is 3.46. The number of carbonyl (C=O) groups is 1. The van der Waals surface area contributed by atoms with Crippen molar-refractivity contribution < 1.29 is 22.7 Å². The number of nitrogens with zero attached hydrogens (tertiary/aromatic N) is 1. The van der Waals surface area contributed by atoms with Crippen LogP contribution in [0, 0.1) is 0 Å². The molecule has 0 unspecified atom stereocenters. The van der Waals surface area contributed by atoms with E-state index in [1.807, 2.05) is 0 Å². The fourth-order valence-electron chi connectivity index (χ4n) is 2.17. The highest BCUT2D eigenvalue weighted by Gasteiger charge is 2.11. The minimum Gasteiger partial charge on any atom is -0.478 e. The predicted octanol–water partition coefficient (Wildman–Crippen LogP) is 2.96. The summed E-state index contributed by atoms with van der Waals surface area (Å²) in [5.41, 5.74) is 0.872. The van der Waals surface area contributed by atoms with Gasteiger partial charge in [0.1, 0.15) is 11.5 Å². The zero-order valence-electron chi connectivity index (χ0n) is 13.4. The number of furan rings is 1. The Hall–Kier alpha value is -3.39. The molecular formula is C18H14N2O5S. The highest BCUT2D eigenvalue weighted by atomic mass is 32.2. The number of rotatable bonds is 6. The summed E-state index contributed by atoms with van der Waals surface area (Å²) in [5, 5.41) is 12.6. The Morgan fingerprint density at radius 3 is 2.35 bits per heavy atom. The molecule has 0 amide bonds. The van der Waals surface area contributed by atoms with E-state index in [-0.39, 0.29) is 10.5 Å². The van der Waals surface area contributed by atoms with E-state index in [2.05, 4.69) is 9.93 Å². The SMILES string of the molecule is O=C(O)c1ccc(-c2ccc(/C=N\NS(=O)(=O)c3ccccc3)o2)cc1. The first-order valence-electron chi connectivity index (χ1n) is 7.49. The maximum atomic E-state index is 12.0. The van der Waals surface area contributed by atoms with Crippen molar-refractivity contribution in [1.82, 2.24) is 4.83 Å². The van der Waals surface area contributed by atoms with Crippen LogP contribution >= 0.6 is 0 Å². The first-order valence-corrected chi connectivity index (χ1v) is 8.97. The third kappa shape index (κ3) is 3.98. The van der Waals surface area contributed by atoms with Crippen molar-refractivity contribution in [3.8, 4) is 11.3 Å². The number of sulfonamides is 1. The topological polar surface area (TPSA) is 109 Å². The molecule has 2 aromatic carbocycles. The zero-order chi connectivity index (χ0) is 18.6. The zero-order valence-corrected chi connectivity index (χ0v) is 14.2. The molecule has 3 aromatic rings. The van der Waals surface area contributed by atoms with Crippen molar-refractivity contribution in [1.29, 1.82) is 0 Å². The monoisotopic (exact) mass is 370 g/mol. The molecule has 0 bridgehead atoms. The van der Waals surface area contributed by atoms with E-state index < -0.39 is 16.0 Å². The Morgan fingerprint density at radius 1 is 1.00 bits per heavy atom. The number of hydrogen-bond acceptors (Lipinski definition) is 5. The average molecular weight is 370 g/mol. The molecule has 1 heterocycles. The van der Waals surface area contributed by atoms with Gasteiger partial charge in [0.05, 0.1) is 16.7 Å². The predicted molar refractivity (Wildman–Crippen MR) is 95.5 cm³/mol. The normalized spacial score (nSPS) is 11.5. The lowest BCUT2D eigenvalue weighted by molar-refractivity contribution is 0.0697. The van der Waals surface area contributed by atoms with E-state index in [0.717, 1.165) is 0 Å². The smallest absolute Gasteiger partial charge is 0.335 e. The van der Waals surface area contributed by atoms with Gasteiger partial charge in [-0.25, -0.2) is 4.79 Å². The summed E-state index contributed by atoms with van der Waals surface area (Å²) < 4.78 is 29.6. The van der Waals surface area contributed by atoms with E-state index in [0.29, 0.717) is 17.1 Å². The van der Waals surface area contributed by atoms with Crippen LogP contribution in [0.15, 0.2) is 81.1 Å². The minimum atomic E-state index is -3.73. The quantitative estimate of drug-likeness (QED) is 0.512. The van der Waals surface area contributed by atoms with Crippen LogP contribution in [-0.2, 0) is 10.0 Å². The molecule has 0 saturated carbocycles. The summed E-state index contributed by atoms with van der Waals surface area (Å²) in [7, 11) is -3.73. The fraction of sp³-hybridized carbons (Fsp3) is 0. The van der Waals surface area contributed by atoms with Crippen LogP contribution in [0.25, 0.3) is 11.3 Å². The summed E-state index contributed by atoms with van der Waals surface area (Å²) in [6.07, 6.45) is 1.25. The van der Waals surface area contributed by atoms with Gasteiger partial charge in [0, 0.05) is 5.56 Å². The molecule has 0 radical (unpaired) electrons. The largest absolute Gasteiger partial charge is 0.478 e. The summed E-state index contributed by atoms with van der Waals surface area (Å²) in [6, 6.07) is 17.4. The van der Waals surface area contributed by atoms with E-state index in [9.17, 15) is 13.2 Å². The molecule has 26 heavy (non-hydrogen) atoms. The lowest BCUT2D eigenvalue weighted by atomic mass is 10.1. The van der Waals surface area contributed by atoms with Crippen LogP contribution in [0.1, 0.15) is 16.1 Å². The average Bonchev–Trinajstić information content (AvgIpc) is 3.11. The van der Waals surface area contributed by atoms with Gasteiger partial charge >= 0.3 is 5.97 Å². The molecule has 2 N–H and O–H groups in total. The molecule has 7 nitrogen and oxygen atoms in total. The Labute approximate surface area is 149 Å². The molecule has 0 saturated heterocycles. The Morgan fingerprint density at radius 2 is 1.69 bits per heavy atom. The molecule has 1 aromatic heterocycles. The number of benzene rings is 2. The van der Waals surface area contributed by atoms with E-state index in [1.54, 1.807) is 42.5 Å². The summed E-state index contributed by atoms with van der Waals surface area (Å²) >= 11 is 0. The van der Waals surface area contributed by atoms with E-state index >= 15 is 0 Å². The van der Waals surface area contributed by atoms with Crippen molar-refractivity contribution in [3.63, 3.8) is 0 Å². The summed E-state index contributed by atoms with van der Waals surface area (Å²) in [5.74, 6) is -0.151. The Balaban J connectivity index is 1.70. The van der Waals surface area contributed by atoms with Gasteiger partial charge in [-0.15, -0.1) is 0 Å². The first kappa shape index (κ1) is 17.4. The number of carboxylic acids is 1. The molecule has 3 rings (SSSR count). The van der Waals surface area contributed by atoms with Crippen molar-refractivity contribution in [2.24, 2.45) is 5.10 Å². The van der Waals surface area contributed by atoms with Gasteiger partial charge in [0.2, 0.25) is 0 Å². The Kier molecular flexibility index (Phi) is 4.85. The molecule has 0 aliphatic carbocycles. The maximum Gasteiger partial charge on any atom is 0.335 e. The van der Waals surface area contributed by atoms with Gasteiger partial charge in [-0.3, -0.25) is 0 Å². The summed E-state index contributed by atoms with van der Waals surface area (Å²) in [6.45, 7) is 0. The molecule has 0 fully saturated rings. The van der Waals surface area contributed by atoms with Gasteiger partial charge in [0.15, 0.2) is 0 Å². The minimum absolute atomic E-state index is 0.107. The lowest BCUT2D eigenvalue weighted by Gasteiger charge is -2.01. The van der Waals surface area contributed by atoms with E-state index in [4.69, 9.17) is 9.52 Å². The highest BCUT2D eigenvalue weighted by Crippen LogP contribution is 2.22. The number of aromatic carboxylic acids is 1. The second-order valence-corrected chi connectivity index (χ2v) is 6.91. The van der Waals surface area contributed by atoms with Gasteiger partial charge in [-0.05, 0) is 36.4 Å². The van der Waals surface area contributed by atoms with Crippen molar-refractivity contribution >= 4 is 22.2 Å². The van der Waals surface area contributed by atoms with Gasteiger partial charge in [-0.1, -0.05) is 30.3 Å². The van der Waals surface area contributed by atoms with E-state index in [1.165, 1.54) is 30.5 Å². The van der Waals surface area contributed by atoms with Crippen molar-refractivity contribution in [3.05, 3.63) is 78.1 Å². The maximum absolute atomic E-state index is 12.0. The molecule has 8 heteroatoms. The molecular weight excluding hydrogens is 356 g/mol. The number of nitrogens with one attached hydrogen (secondary N) is 1. The molecule has 0 aliphatic rings. The van der Waals surface area contributed by atoms with Crippen LogP contribution in [0.4, 0.5) is 0 Å².